The lowest BCUT2D eigenvalue weighted by Crippen LogP contribution is -2.37. The van der Waals surface area contributed by atoms with Crippen LogP contribution < -0.4 is 15.4 Å². The quantitative estimate of drug-likeness (QED) is 0.813. The Kier molecular flexibility index (Phi) is 11.0. The van der Waals surface area contributed by atoms with Crippen molar-refractivity contribution >= 4 is 30.7 Å². The summed E-state index contributed by atoms with van der Waals surface area (Å²) in [6, 6.07) is 2.85. The lowest BCUT2D eigenvalue weighted by molar-refractivity contribution is -0.154. The Morgan fingerprint density at radius 1 is 1.41 bits per heavy atom. The molecule has 0 fully saturated rings. The normalized spacial score (nSPS) is 11.7. The zero-order valence-electron chi connectivity index (χ0n) is 11.9. The van der Waals surface area contributed by atoms with E-state index in [2.05, 4.69) is 20.4 Å². The third kappa shape index (κ3) is 8.26. The monoisotopic (exact) mass is 363 g/mol. The third-order valence-corrected chi connectivity index (χ3v) is 2.45. The topological polar surface area (TPSA) is 63.2 Å². The summed E-state index contributed by atoms with van der Waals surface area (Å²) in [5.74, 6) is -0.864. The van der Waals surface area contributed by atoms with Crippen molar-refractivity contribution in [3.63, 3.8) is 0 Å². The minimum Gasteiger partial charge on any atom is -0.467 e. The minimum absolute atomic E-state index is 0. The summed E-state index contributed by atoms with van der Waals surface area (Å²) in [6.07, 6.45) is -3.22. The molecule has 0 aliphatic carbocycles. The summed E-state index contributed by atoms with van der Waals surface area (Å²) in [6.45, 7) is 0.699. The highest BCUT2D eigenvalue weighted by Gasteiger charge is 2.29. The van der Waals surface area contributed by atoms with E-state index in [1.807, 2.05) is 6.92 Å². The summed E-state index contributed by atoms with van der Waals surface area (Å²) in [5, 5.41) is 5.51. The second kappa shape index (κ2) is 10.5. The summed E-state index contributed by atoms with van der Waals surface area (Å²) in [4.78, 5) is 15.5. The van der Waals surface area contributed by atoms with Gasteiger partial charge >= 0.3 is 6.18 Å². The number of rotatable bonds is 6. The molecule has 1 heterocycles. The number of nitrogens with zero attached hydrogens (tertiary/aromatic N) is 1. The molecule has 0 aromatic carbocycles. The predicted molar refractivity (Wildman–Crippen MR) is 81.1 cm³/mol. The lowest BCUT2D eigenvalue weighted by Gasteiger charge is -2.14. The first kappa shape index (κ1) is 23.0. The van der Waals surface area contributed by atoms with Crippen molar-refractivity contribution < 1.29 is 22.7 Å². The number of nitrogens with one attached hydrogen (secondary N) is 2. The Balaban J connectivity index is 0. The van der Waals surface area contributed by atoms with E-state index in [0.717, 1.165) is 0 Å². The van der Waals surface area contributed by atoms with E-state index in [4.69, 9.17) is 0 Å². The summed E-state index contributed by atoms with van der Waals surface area (Å²) >= 11 is 0. The molecule has 1 atom stereocenters. The van der Waals surface area contributed by atoms with Crippen LogP contribution in [0.2, 0.25) is 0 Å². The van der Waals surface area contributed by atoms with Crippen molar-refractivity contribution in [1.29, 1.82) is 0 Å². The Bertz CT molecular complexity index is 461. The maximum absolute atomic E-state index is 12.1. The van der Waals surface area contributed by atoms with Gasteiger partial charge in [0.15, 0.2) is 6.61 Å². The van der Waals surface area contributed by atoms with Crippen molar-refractivity contribution in [2.75, 3.05) is 20.2 Å². The minimum atomic E-state index is -4.48. The van der Waals surface area contributed by atoms with E-state index in [-0.39, 0.29) is 42.3 Å². The van der Waals surface area contributed by atoms with E-state index in [1.54, 1.807) is 7.05 Å². The number of pyridine rings is 1. The SMILES string of the molecule is CNC(C)CNC(=O)c1cccnc1OCC(F)(F)F.Cl.Cl. The number of halogens is 5. The molecule has 0 saturated carbocycles. The third-order valence-electron chi connectivity index (χ3n) is 2.45. The highest BCUT2D eigenvalue weighted by Crippen LogP contribution is 2.19. The van der Waals surface area contributed by atoms with Gasteiger partial charge in [-0.1, -0.05) is 0 Å². The van der Waals surface area contributed by atoms with Crippen molar-refractivity contribution in [3.8, 4) is 5.88 Å². The molecule has 1 aromatic heterocycles. The highest BCUT2D eigenvalue weighted by atomic mass is 35.5. The molecule has 1 aromatic rings. The van der Waals surface area contributed by atoms with Crippen LogP contribution in [0, 0.1) is 0 Å². The van der Waals surface area contributed by atoms with Gasteiger partial charge in [-0.3, -0.25) is 4.79 Å². The van der Waals surface area contributed by atoms with Crippen molar-refractivity contribution in [2.24, 2.45) is 0 Å². The number of ether oxygens (including phenoxy) is 1. The maximum Gasteiger partial charge on any atom is 0.422 e. The number of hydrogen-bond donors (Lipinski definition) is 2. The highest BCUT2D eigenvalue weighted by molar-refractivity contribution is 5.96. The van der Waals surface area contributed by atoms with E-state index in [1.165, 1.54) is 18.3 Å². The van der Waals surface area contributed by atoms with Gasteiger partial charge in [0.05, 0.1) is 0 Å². The van der Waals surface area contributed by atoms with Crippen LogP contribution in [0.5, 0.6) is 5.88 Å². The van der Waals surface area contributed by atoms with Gasteiger partial charge in [0.2, 0.25) is 5.88 Å². The molecule has 0 radical (unpaired) electrons. The number of amides is 1. The molecule has 128 valence electrons. The van der Waals surface area contributed by atoms with Crippen LogP contribution in [0.4, 0.5) is 13.2 Å². The largest absolute Gasteiger partial charge is 0.467 e. The Morgan fingerprint density at radius 3 is 2.59 bits per heavy atom. The molecule has 1 amide bonds. The van der Waals surface area contributed by atoms with E-state index in [9.17, 15) is 18.0 Å². The predicted octanol–water partition coefficient (Wildman–Crippen LogP) is 2.20. The maximum atomic E-state index is 12.1. The molecular formula is C12H18Cl2F3N3O2. The number of carbonyl (C=O) groups is 1. The zero-order chi connectivity index (χ0) is 15.2. The first-order chi connectivity index (χ1) is 9.33. The molecule has 0 saturated heterocycles. The van der Waals surface area contributed by atoms with Gasteiger partial charge in [-0.25, -0.2) is 4.98 Å². The average Bonchev–Trinajstić information content (AvgIpc) is 2.41. The fourth-order valence-corrected chi connectivity index (χ4v) is 1.27. The molecule has 10 heteroatoms. The summed E-state index contributed by atoms with van der Waals surface area (Å²) in [7, 11) is 1.73. The number of alkyl halides is 3. The van der Waals surface area contributed by atoms with Gasteiger partial charge in [-0.2, -0.15) is 13.2 Å². The Labute approximate surface area is 138 Å². The second-order valence-electron chi connectivity index (χ2n) is 4.16. The first-order valence-electron chi connectivity index (χ1n) is 5.93. The van der Waals surface area contributed by atoms with Crippen LogP contribution in [0.25, 0.3) is 0 Å². The van der Waals surface area contributed by atoms with Crippen molar-refractivity contribution in [3.05, 3.63) is 23.9 Å². The first-order valence-corrected chi connectivity index (χ1v) is 5.93. The number of carbonyl (C=O) groups excluding carboxylic acids is 1. The Hall–Kier alpha value is -1.25. The van der Waals surface area contributed by atoms with Crippen LogP contribution in [-0.4, -0.2) is 43.3 Å². The summed E-state index contributed by atoms with van der Waals surface area (Å²) in [5.41, 5.74) is -0.0277. The van der Waals surface area contributed by atoms with Gasteiger partial charge in [0.25, 0.3) is 5.91 Å². The molecule has 1 rings (SSSR count). The van der Waals surface area contributed by atoms with E-state index < -0.39 is 18.7 Å². The number of likely N-dealkylation sites (N-methyl/N-ethyl adjacent to an activating group) is 1. The lowest BCUT2D eigenvalue weighted by atomic mass is 10.2. The van der Waals surface area contributed by atoms with Crippen LogP contribution in [-0.2, 0) is 0 Å². The zero-order valence-corrected chi connectivity index (χ0v) is 13.6. The molecule has 1 unspecified atom stereocenters. The van der Waals surface area contributed by atoms with E-state index in [0.29, 0.717) is 6.54 Å². The molecule has 0 aliphatic rings. The fourth-order valence-electron chi connectivity index (χ4n) is 1.27. The smallest absolute Gasteiger partial charge is 0.422 e. The van der Waals surface area contributed by atoms with Crippen LogP contribution in [0.1, 0.15) is 17.3 Å². The molecule has 0 aliphatic heterocycles. The van der Waals surface area contributed by atoms with Crippen LogP contribution in [0.3, 0.4) is 0 Å². The summed E-state index contributed by atoms with van der Waals surface area (Å²) < 4.78 is 40.9. The van der Waals surface area contributed by atoms with Gasteiger partial charge < -0.3 is 15.4 Å². The molecular weight excluding hydrogens is 346 g/mol. The van der Waals surface area contributed by atoms with Crippen molar-refractivity contribution in [2.45, 2.75) is 19.1 Å². The number of aromatic nitrogens is 1. The molecule has 2 N–H and O–H groups in total. The number of hydrogen-bond acceptors (Lipinski definition) is 4. The molecule has 5 nitrogen and oxygen atoms in total. The molecule has 0 spiro atoms. The molecule has 0 bridgehead atoms. The van der Waals surface area contributed by atoms with E-state index >= 15 is 0 Å². The fraction of sp³-hybridized carbons (Fsp3) is 0.500. The average molecular weight is 364 g/mol. The second-order valence-corrected chi connectivity index (χ2v) is 4.16. The van der Waals surface area contributed by atoms with Crippen molar-refractivity contribution in [1.82, 2.24) is 15.6 Å². The van der Waals surface area contributed by atoms with Gasteiger partial charge in [-0.15, -0.1) is 24.8 Å². The van der Waals surface area contributed by atoms with Crippen LogP contribution in [0.15, 0.2) is 18.3 Å². The van der Waals surface area contributed by atoms with Gasteiger partial charge in [0.1, 0.15) is 5.56 Å². The van der Waals surface area contributed by atoms with Crippen LogP contribution >= 0.6 is 24.8 Å². The molecule has 22 heavy (non-hydrogen) atoms. The van der Waals surface area contributed by atoms with Gasteiger partial charge in [0, 0.05) is 18.8 Å². The Morgan fingerprint density at radius 2 is 2.05 bits per heavy atom. The van der Waals surface area contributed by atoms with Gasteiger partial charge in [-0.05, 0) is 26.1 Å². The standard InChI is InChI=1S/C12H16F3N3O2.2ClH/c1-8(16-2)6-18-10(19)9-4-3-5-17-11(9)20-7-12(13,14)15;;/h3-5,8,16H,6-7H2,1-2H3,(H,18,19);2*1H.